The molecule has 2 aromatic carbocycles. The number of rotatable bonds is 5. The number of para-hydroxylation sites is 2. The van der Waals surface area contributed by atoms with Crippen LogP contribution in [-0.2, 0) is 6.54 Å². The molecule has 0 saturated heterocycles. The number of hydrogen-bond acceptors (Lipinski definition) is 4. The highest BCUT2D eigenvalue weighted by Crippen LogP contribution is 2.31. The third kappa shape index (κ3) is 3.27. The summed E-state index contributed by atoms with van der Waals surface area (Å²) in [6.07, 6.45) is 3.92. The van der Waals surface area contributed by atoms with E-state index in [2.05, 4.69) is 23.6 Å². The number of nitro groups is 1. The zero-order valence-corrected chi connectivity index (χ0v) is 15.5. The van der Waals surface area contributed by atoms with Crippen LogP contribution < -0.4 is 4.57 Å². The maximum absolute atomic E-state index is 11.2. The van der Waals surface area contributed by atoms with E-state index >= 15 is 0 Å². The molecular formula is C21H17N2O3S+. The smallest absolute Gasteiger partial charge is 0.280 e. The van der Waals surface area contributed by atoms with Crippen LogP contribution >= 0.6 is 11.3 Å². The molecule has 0 aliphatic heterocycles. The molecule has 27 heavy (non-hydrogen) atoms. The Morgan fingerprint density at radius 1 is 1.07 bits per heavy atom. The molecule has 0 aliphatic rings. The highest BCUT2D eigenvalue weighted by molar-refractivity contribution is 7.18. The van der Waals surface area contributed by atoms with E-state index in [1.165, 1.54) is 16.3 Å². The zero-order valence-electron chi connectivity index (χ0n) is 14.7. The lowest BCUT2D eigenvalue weighted by atomic mass is 10.1. The molecule has 0 radical (unpaired) electrons. The van der Waals surface area contributed by atoms with Crippen molar-refractivity contribution < 1.29 is 13.9 Å². The van der Waals surface area contributed by atoms with E-state index in [1.807, 2.05) is 30.4 Å². The van der Waals surface area contributed by atoms with Gasteiger partial charge in [0.2, 0.25) is 5.52 Å². The quantitative estimate of drug-likeness (QED) is 0.260. The van der Waals surface area contributed by atoms with Crippen molar-refractivity contribution in [3.63, 3.8) is 0 Å². The highest BCUT2D eigenvalue weighted by Gasteiger charge is 2.18. The number of furan rings is 1. The maximum atomic E-state index is 11.2. The molecule has 2 heterocycles. The number of nitro benzene ring substituents is 1. The van der Waals surface area contributed by atoms with E-state index in [4.69, 9.17) is 4.42 Å². The molecule has 5 nitrogen and oxygen atoms in total. The van der Waals surface area contributed by atoms with Crippen molar-refractivity contribution in [3.05, 3.63) is 81.5 Å². The predicted octanol–water partition coefficient (Wildman–Crippen LogP) is 5.55. The van der Waals surface area contributed by atoms with E-state index in [0.717, 1.165) is 11.6 Å². The van der Waals surface area contributed by atoms with E-state index in [9.17, 15) is 10.1 Å². The van der Waals surface area contributed by atoms with Crippen molar-refractivity contribution in [1.82, 2.24) is 0 Å². The Labute approximate surface area is 160 Å². The van der Waals surface area contributed by atoms with Gasteiger partial charge in [-0.25, -0.2) is 0 Å². The lowest BCUT2D eigenvalue weighted by Crippen LogP contribution is -2.33. The summed E-state index contributed by atoms with van der Waals surface area (Å²) in [7, 11) is 0. The fraction of sp³-hybridized carbons (Fsp3) is 0.0952. The average molecular weight is 377 g/mol. The van der Waals surface area contributed by atoms with Crippen LogP contribution in [0.1, 0.15) is 17.7 Å². The first-order chi connectivity index (χ1) is 13.2. The molecule has 4 aromatic rings. The molecule has 0 bridgehead atoms. The van der Waals surface area contributed by atoms with E-state index < -0.39 is 4.92 Å². The molecule has 0 N–H and O–H groups in total. The Morgan fingerprint density at radius 3 is 2.67 bits per heavy atom. The van der Waals surface area contributed by atoms with Crippen LogP contribution in [0.15, 0.2) is 65.1 Å². The first-order valence-electron chi connectivity index (χ1n) is 8.60. The molecule has 0 fully saturated rings. The Balaban J connectivity index is 1.67. The van der Waals surface area contributed by atoms with Gasteiger partial charge in [-0.05, 0) is 37.3 Å². The molecule has 0 amide bonds. The topological polar surface area (TPSA) is 60.2 Å². The van der Waals surface area contributed by atoms with Crippen LogP contribution in [-0.4, -0.2) is 4.92 Å². The van der Waals surface area contributed by atoms with Crippen LogP contribution in [0.2, 0.25) is 0 Å². The second kappa shape index (κ2) is 7.17. The van der Waals surface area contributed by atoms with Crippen LogP contribution in [0, 0.1) is 10.1 Å². The van der Waals surface area contributed by atoms with Crippen molar-refractivity contribution in [2.24, 2.45) is 0 Å². The van der Waals surface area contributed by atoms with Crippen molar-refractivity contribution in [1.29, 1.82) is 0 Å². The Morgan fingerprint density at radius 2 is 1.85 bits per heavy atom. The molecule has 4 rings (SSSR count). The molecule has 0 aliphatic carbocycles. The standard InChI is InChI=1S/C21H17N2O3S/c1-2-22-18-9-5-6-10-20(18)27-21(22)14-12-15-11-13-19(26-15)16-7-3-4-8-17(16)23(24)25/h3-14H,2H2,1H3/q+1/b14-12+. The van der Waals surface area contributed by atoms with Gasteiger partial charge in [-0.1, -0.05) is 35.6 Å². The highest BCUT2D eigenvalue weighted by atomic mass is 32.1. The van der Waals surface area contributed by atoms with Crippen LogP contribution in [0.25, 0.3) is 33.7 Å². The summed E-state index contributed by atoms with van der Waals surface area (Å²) in [5.74, 6) is 1.14. The Hall–Kier alpha value is -3.25. The zero-order chi connectivity index (χ0) is 18.8. The van der Waals surface area contributed by atoms with Crippen molar-refractivity contribution in [2.45, 2.75) is 13.5 Å². The summed E-state index contributed by atoms with van der Waals surface area (Å²) >= 11 is 1.72. The van der Waals surface area contributed by atoms with Gasteiger partial charge in [0.05, 0.1) is 10.5 Å². The minimum Gasteiger partial charge on any atom is -0.456 e. The molecule has 134 valence electrons. The van der Waals surface area contributed by atoms with Crippen molar-refractivity contribution >= 4 is 39.4 Å². The Kier molecular flexibility index (Phi) is 4.56. The molecule has 0 saturated carbocycles. The summed E-state index contributed by atoms with van der Waals surface area (Å²) in [4.78, 5) is 10.8. The average Bonchev–Trinajstić information content (AvgIpc) is 3.30. The van der Waals surface area contributed by atoms with E-state index in [0.29, 0.717) is 17.1 Å². The van der Waals surface area contributed by atoms with Crippen LogP contribution in [0.5, 0.6) is 0 Å². The second-order valence-electron chi connectivity index (χ2n) is 5.96. The molecule has 2 aromatic heterocycles. The first-order valence-corrected chi connectivity index (χ1v) is 9.42. The predicted molar refractivity (Wildman–Crippen MR) is 107 cm³/mol. The van der Waals surface area contributed by atoms with Gasteiger partial charge in [0.25, 0.3) is 10.7 Å². The number of fused-ring (bicyclic) bond motifs is 1. The van der Waals surface area contributed by atoms with Crippen LogP contribution in [0.4, 0.5) is 5.69 Å². The minimum absolute atomic E-state index is 0.0377. The maximum Gasteiger partial charge on any atom is 0.280 e. The first kappa shape index (κ1) is 17.2. The fourth-order valence-electron chi connectivity index (χ4n) is 3.08. The number of aryl methyl sites for hydroxylation is 1. The number of nitrogens with zero attached hydrogens (tertiary/aromatic N) is 2. The van der Waals surface area contributed by atoms with Gasteiger partial charge in [-0.2, -0.15) is 4.57 Å². The number of benzene rings is 2. The summed E-state index contributed by atoms with van der Waals surface area (Å²) in [6.45, 7) is 3.00. The molecule has 0 spiro atoms. The SMILES string of the molecule is CC[n+]1c(/C=C/c2ccc(-c3ccccc3[N+](=O)[O-])o2)sc2ccccc21. The minimum atomic E-state index is -0.394. The molecule has 6 heteroatoms. The fourth-order valence-corrected chi connectivity index (χ4v) is 4.21. The number of hydrogen-bond donors (Lipinski definition) is 0. The van der Waals surface area contributed by atoms with E-state index in [1.54, 1.807) is 35.6 Å². The molecular weight excluding hydrogens is 360 g/mol. The third-order valence-electron chi connectivity index (χ3n) is 4.34. The van der Waals surface area contributed by atoms with Gasteiger partial charge in [0, 0.05) is 18.2 Å². The lowest BCUT2D eigenvalue weighted by Gasteiger charge is -1.98. The summed E-state index contributed by atoms with van der Waals surface area (Å²) in [5, 5.41) is 12.3. The van der Waals surface area contributed by atoms with Gasteiger partial charge < -0.3 is 4.42 Å². The summed E-state index contributed by atoms with van der Waals surface area (Å²) in [6, 6.07) is 18.5. The van der Waals surface area contributed by atoms with Gasteiger partial charge in [0.1, 0.15) is 22.8 Å². The molecule has 0 atom stereocenters. The summed E-state index contributed by atoms with van der Waals surface area (Å²) < 4.78 is 9.32. The van der Waals surface area contributed by atoms with Gasteiger partial charge in [-0.3, -0.25) is 10.1 Å². The molecule has 0 unspecified atom stereocenters. The van der Waals surface area contributed by atoms with Crippen molar-refractivity contribution in [2.75, 3.05) is 0 Å². The van der Waals surface area contributed by atoms with Gasteiger partial charge in [-0.15, -0.1) is 0 Å². The second-order valence-corrected chi connectivity index (χ2v) is 7.02. The lowest BCUT2D eigenvalue weighted by molar-refractivity contribution is -0.665. The van der Waals surface area contributed by atoms with Gasteiger partial charge >= 0.3 is 0 Å². The third-order valence-corrected chi connectivity index (χ3v) is 5.47. The number of aromatic nitrogens is 1. The largest absolute Gasteiger partial charge is 0.456 e. The monoisotopic (exact) mass is 377 g/mol. The normalized spacial score (nSPS) is 11.4. The van der Waals surface area contributed by atoms with E-state index in [-0.39, 0.29) is 5.69 Å². The van der Waals surface area contributed by atoms with Crippen LogP contribution in [0.3, 0.4) is 0 Å². The summed E-state index contributed by atoms with van der Waals surface area (Å²) in [5.41, 5.74) is 1.73. The van der Waals surface area contributed by atoms with Gasteiger partial charge in [0.15, 0.2) is 0 Å². The van der Waals surface area contributed by atoms with Crippen molar-refractivity contribution in [3.8, 4) is 11.3 Å². The Bertz CT molecular complexity index is 1160. The number of thiazole rings is 1.